The molecule has 0 saturated heterocycles. The molecule has 27 heavy (non-hydrogen) atoms. The summed E-state index contributed by atoms with van der Waals surface area (Å²) < 4.78 is 18.5. The van der Waals surface area contributed by atoms with Gasteiger partial charge in [-0.15, -0.1) is 0 Å². The average Bonchev–Trinajstić information content (AvgIpc) is 2.59. The molecule has 2 aromatic carbocycles. The maximum atomic E-state index is 13.0. The van der Waals surface area contributed by atoms with E-state index >= 15 is 0 Å². The monoisotopic (exact) mass is 372 g/mol. The van der Waals surface area contributed by atoms with Crippen LogP contribution in [0.25, 0.3) is 0 Å². The van der Waals surface area contributed by atoms with Crippen molar-refractivity contribution in [1.82, 2.24) is 4.90 Å². The number of nitrogens with zero attached hydrogens (tertiary/aromatic N) is 1. The molecule has 0 atom stereocenters. The van der Waals surface area contributed by atoms with E-state index < -0.39 is 5.54 Å². The first-order valence-corrected chi connectivity index (χ1v) is 8.70. The Hall–Kier alpha value is -2.89. The standard InChI is InChI=1S/C21H25FN2O3/c1-15-6-5-7-18(12-15)27-14-20(26)24(21(2,3)4)13-19(25)23-17-10-8-16(22)9-11-17/h5-12H,13-14H2,1-4H3,(H,23,25). The smallest absolute Gasteiger partial charge is 0.261 e. The van der Waals surface area contributed by atoms with Crippen LogP contribution in [0, 0.1) is 12.7 Å². The number of aryl methyl sites for hydroxylation is 1. The molecular weight excluding hydrogens is 347 g/mol. The predicted molar refractivity (Wildman–Crippen MR) is 103 cm³/mol. The first-order chi connectivity index (χ1) is 12.6. The number of hydrogen-bond acceptors (Lipinski definition) is 3. The van der Waals surface area contributed by atoms with Gasteiger partial charge in [-0.1, -0.05) is 12.1 Å². The van der Waals surface area contributed by atoms with Crippen LogP contribution in [-0.2, 0) is 9.59 Å². The quantitative estimate of drug-likeness (QED) is 0.840. The Kier molecular flexibility index (Phi) is 6.55. The Morgan fingerprint density at radius 3 is 2.37 bits per heavy atom. The van der Waals surface area contributed by atoms with Crippen LogP contribution in [0.5, 0.6) is 5.75 Å². The SMILES string of the molecule is Cc1cccc(OCC(=O)N(CC(=O)Nc2ccc(F)cc2)C(C)(C)C)c1. The summed E-state index contributed by atoms with van der Waals surface area (Å²) >= 11 is 0. The highest BCUT2D eigenvalue weighted by Crippen LogP contribution is 2.17. The zero-order chi connectivity index (χ0) is 20.0. The second-order valence-electron chi connectivity index (χ2n) is 7.31. The molecular formula is C21H25FN2O3. The molecule has 0 bridgehead atoms. The number of halogens is 1. The van der Waals surface area contributed by atoms with E-state index in [1.54, 1.807) is 6.07 Å². The van der Waals surface area contributed by atoms with Crippen LogP contribution < -0.4 is 10.1 Å². The first-order valence-electron chi connectivity index (χ1n) is 8.70. The summed E-state index contributed by atoms with van der Waals surface area (Å²) in [4.78, 5) is 26.5. The molecule has 0 fully saturated rings. The van der Waals surface area contributed by atoms with Crippen molar-refractivity contribution in [3.63, 3.8) is 0 Å². The average molecular weight is 372 g/mol. The summed E-state index contributed by atoms with van der Waals surface area (Å²) in [7, 11) is 0. The van der Waals surface area contributed by atoms with Crippen molar-refractivity contribution in [2.45, 2.75) is 33.2 Å². The van der Waals surface area contributed by atoms with Crippen LogP contribution in [0.4, 0.5) is 10.1 Å². The number of anilines is 1. The van der Waals surface area contributed by atoms with E-state index in [0.29, 0.717) is 11.4 Å². The third-order valence-electron chi connectivity index (χ3n) is 3.89. The van der Waals surface area contributed by atoms with Crippen molar-refractivity contribution in [3.05, 3.63) is 59.9 Å². The summed E-state index contributed by atoms with van der Waals surface area (Å²) in [6.07, 6.45) is 0. The third kappa shape index (κ3) is 6.40. The highest BCUT2D eigenvalue weighted by atomic mass is 19.1. The molecule has 1 N–H and O–H groups in total. The lowest BCUT2D eigenvalue weighted by Crippen LogP contribution is -2.51. The highest BCUT2D eigenvalue weighted by Gasteiger charge is 2.28. The van der Waals surface area contributed by atoms with Gasteiger partial charge in [0.2, 0.25) is 5.91 Å². The molecule has 0 unspecified atom stereocenters. The molecule has 2 aromatic rings. The number of carbonyl (C=O) groups excluding carboxylic acids is 2. The molecule has 0 radical (unpaired) electrons. The van der Waals surface area contributed by atoms with E-state index in [4.69, 9.17) is 4.74 Å². The molecule has 0 aromatic heterocycles. The predicted octanol–water partition coefficient (Wildman–Crippen LogP) is 3.78. The molecule has 144 valence electrons. The molecule has 5 nitrogen and oxygen atoms in total. The molecule has 0 aliphatic carbocycles. The van der Waals surface area contributed by atoms with Crippen molar-refractivity contribution in [2.75, 3.05) is 18.5 Å². The van der Waals surface area contributed by atoms with Crippen molar-refractivity contribution in [3.8, 4) is 5.75 Å². The van der Waals surface area contributed by atoms with Crippen LogP contribution in [0.1, 0.15) is 26.3 Å². The van der Waals surface area contributed by atoms with E-state index in [1.807, 2.05) is 45.9 Å². The summed E-state index contributed by atoms with van der Waals surface area (Å²) in [5, 5.41) is 2.67. The van der Waals surface area contributed by atoms with Gasteiger partial charge in [-0.05, 0) is 69.7 Å². The second kappa shape index (κ2) is 8.66. The number of rotatable bonds is 6. The minimum absolute atomic E-state index is 0.128. The lowest BCUT2D eigenvalue weighted by Gasteiger charge is -2.35. The van der Waals surface area contributed by atoms with E-state index in [1.165, 1.54) is 29.2 Å². The van der Waals surface area contributed by atoms with Gasteiger partial charge in [0.15, 0.2) is 6.61 Å². The zero-order valence-corrected chi connectivity index (χ0v) is 16.1. The van der Waals surface area contributed by atoms with E-state index in [-0.39, 0.29) is 30.8 Å². The summed E-state index contributed by atoms with van der Waals surface area (Å²) in [5.41, 5.74) is 0.942. The van der Waals surface area contributed by atoms with Gasteiger partial charge in [-0.2, -0.15) is 0 Å². The fourth-order valence-electron chi connectivity index (χ4n) is 2.50. The zero-order valence-electron chi connectivity index (χ0n) is 16.1. The van der Waals surface area contributed by atoms with E-state index in [9.17, 15) is 14.0 Å². The van der Waals surface area contributed by atoms with Crippen LogP contribution in [0.15, 0.2) is 48.5 Å². The molecule has 2 amide bonds. The second-order valence-corrected chi connectivity index (χ2v) is 7.31. The fraction of sp³-hybridized carbons (Fsp3) is 0.333. The Morgan fingerprint density at radius 2 is 1.78 bits per heavy atom. The topological polar surface area (TPSA) is 58.6 Å². The molecule has 0 aliphatic heterocycles. The van der Waals surface area contributed by atoms with Crippen molar-refractivity contribution in [2.24, 2.45) is 0 Å². The Bertz CT molecular complexity index is 798. The van der Waals surface area contributed by atoms with Crippen molar-refractivity contribution in [1.29, 1.82) is 0 Å². The first kappa shape index (κ1) is 20.4. The molecule has 6 heteroatoms. The number of nitrogens with one attached hydrogen (secondary N) is 1. The van der Waals surface area contributed by atoms with Gasteiger partial charge in [0.25, 0.3) is 5.91 Å². The van der Waals surface area contributed by atoms with Gasteiger partial charge in [0, 0.05) is 11.2 Å². The fourth-order valence-corrected chi connectivity index (χ4v) is 2.50. The van der Waals surface area contributed by atoms with Crippen LogP contribution in [0.3, 0.4) is 0 Å². The Morgan fingerprint density at radius 1 is 1.11 bits per heavy atom. The van der Waals surface area contributed by atoms with Crippen molar-refractivity contribution < 1.29 is 18.7 Å². The molecule has 2 rings (SSSR count). The number of carbonyl (C=O) groups is 2. The number of amides is 2. The maximum Gasteiger partial charge on any atom is 0.261 e. The number of ether oxygens (including phenoxy) is 1. The van der Waals surface area contributed by atoms with E-state index in [0.717, 1.165) is 5.56 Å². The lowest BCUT2D eigenvalue weighted by atomic mass is 10.1. The van der Waals surface area contributed by atoms with Gasteiger partial charge in [0.1, 0.15) is 18.1 Å². The minimum atomic E-state index is -0.562. The minimum Gasteiger partial charge on any atom is -0.484 e. The molecule has 0 saturated carbocycles. The Labute approximate surface area is 159 Å². The van der Waals surface area contributed by atoms with E-state index in [2.05, 4.69) is 5.32 Å². The number of benzene rings is 2. The third-order valence-corrected chi connectivity index (χ3v) is 3.89. The lowest BCUT2D eigenvalue weighted by molar-refractivity contribution is -0.141. The van der Waals surface area contributed by atoms with Crippen molar-refractivity contribution >= 4 is 17.5 Å². The van der Waals surface area contributed by atoms with Crippen LogP contribution >= 0.6 is 0 Å². The van der Waals surface area contributed by atoms with Gasteiger partial charge in [-0.3, -0.25) is 9.59 Å². The maximum absolute atomic E-state index is 13.0. The van der Waals surface area contributed by atoms with Gasteiger partial charge in [0.05, 0.1) is 0 Å². The molecule has 0 heterocycles. The molecule has 0 aliphatic rings. The normalized spacial score (nSPS) is 11.0. The highest BCUT2D eigenvalue weighted by molar-refractivity contribution is 5.94. The summed E-state index contributed by atoms with van der Waals surface area (Å²) in [5.74, 6) is -0.431. The molecule has 0 spiro atoms. The summed E-state index contributed by atoms with van der Waals surface area (Å²) in [6.45, 7) is 7.20. The summed E-state index contributed by atoms with van der Waals surface area (Å²) in [6, 6.07) is 12.9. The number of hydrogen-bond donors (Lipinski definition) is 1. The Balaban J connectivity index is 2.00. The van der Waals surface area contributed by atoms with Gasteiger partial charge in [-0.25, -0.2) is 4.39 Å². The van der Waals surface area contributed by atoms with Gasteiger partial charge < -0.3 is 15.0 Å². The van der Waals surface area contributed by atoms with Crippen LogP contribution in [-0.4, -0.2) is 35.4 Å². The van der Waals surface area contributed by atoms with Gasteiger partial charge >= 0.3 is 0 Å². The largest absolute Gasteiger partial charge is 0.484 e. The van der Waals surface area contributed by atoms with Crippen LogP contribution in [0.2, 0.25) is 0 Å².